The van der Waals surface area contributed by atoms with Gasteiger partial charge in [0.15, 0.2) is 4.50 Å². The minimum Gasteiger partial charge on any atom is -0.187 e. The van der Waals surface area contributed by atoms with Gasteiger partial charge in [0.1, 0.15) is 0 Å². The third kappa shape index (κ3) is 6.85. The Hall–Kier alpha value is 0.740. The average molecular weight is 230 g/mol. The standard InChI is InChI=1S/C2Cl2F3NS2/c3-1(9-4)8-10-2(5,6)7. The Morgan fingerprint density at radius 1 is 1.40 bits per heavy atom. The molecule has 8 heteroatoms. The van der Waals surface area contributed by atoms with Gasteiger partial charge in [0.2, 0.25) is 0 Å². The second-order valence-electron chi connectivity index (χ2n) is 0.958. The first-order chi connectivity index (χ1) is 4.45. The molecule has 0 aromatic carbocycles. The van der Waals surface area contributed by atoms with Crippen LogP contribution in [0.25, 0.3) is 0 Å². The lowest BCUT2D eigenvalue weighted by atomic mass is 11.6. The Kier molecular flexibility index (Phi) is 4.92. The molecule has 0 aliphatic rings. The minimum absolute atomic E-state index is 0.344. The number of nitrogens with zero attached hydrogens (tertiary/aromatic N) is 1. The SMILES string of the molecule is FC(F)(F)SN=C(Cl)SCl. The van der Waals surface area contributed by atoms with Gasteiger partial charge in [-0.3, -0.25) is 0 Å². The fourth-order valence-corrected chi connectivity index (χ4v) is 0.859. The summed E-state index contributed by atoms with van der Waals surface area (Å²) in [5.74, 6) is 0. The fourth-order valence-electron chi connectivity index (χ4n) is 0.102. The van der Waals surface area contributed by atoms with Gasteiger partial charge in [-0.25, -0.2) is 0 Å². The van der Waals surface area contributed by atoms with Crippen LogP contribution in [0.5, 0.6) is 0 Å². The molecule has 0 rings (SSSR count). The maximum atomic E-state index is 11.3. The number of halogens is 5. The van der Waals surface area contributed by atoms with Crippen LogP contribution in [0.1, 0.15) is 0 Å². The second kappa shape index (κ2) is 4.58. The van der Waals surface area contributed by atoms with E-state index in [1.54, 1.807) is 0 Å². The van der Waals surface area contributed by atoms with Crippen molar-refractivity contribution in [3.8, 4) is 0 Å². The molecule has 0 saturated heterocycles. The van der Waals surface area contributed by atoms with Gasteiger partial charge in [0.05, 0.1) is 11.9 Å². The van der Waals surface area contributed by atoms with Crippen LogP contribution in [0.4, 0.5) is 13.2 Å². The highest BCUT2D eigenvalue weighted by Crippen LogP contribution is 2.32. The molecule has 10 heavy (non-hydrogen) atoms. The van der Waals surface area contributed by atoms with Gasteiger partial charge < -0.3 is 0 Å². The highest BCUT2D eigenvalue weighted by atomic mass is 35.7. The van der Waals surface area contributed by atoms with E-state index >= 15 is 0 Å². The van der Waals surface area contributed by atoms with E-state index in [2.05, 4.69) is 4.40 Å². The minimum atomic E-state index is -4.40. The van der Waals surface area contributed by atoms with Crippen molar-refractivity contribution >= 4 is 49.7 Å². The third-order valence-electron chi connectivity index (χ3n) is 0.285. The summed E-state index contributed by atoms with van der Waals surface area (Å²) < 4.78 is 36.4. The van der Waals surface area contributed by atoms with Crippen LogP contribution in [-0.2, 0) is 0 Å². The van der Waals surface area contributed by atoms with E-state index < -0.39 is 17.5 Å². The van der Waals surface area contributed by atoms with E-state index in [-0.39, 0.29) is 4.50 Å². The Balaban J connectivity index is 3.73. The monoisotopic (exact) mass is 229 g/mol. The number of rotatable bonds is 1. The normalized spacial score (nSPS) is 13.9. The molecule has 0 unspecified atom stereocenters. The predicted molar refractivity (Wildman–Crippen MR) is 40.4 cm³/mol. The maximum absolute atomic E-state index is 11.3. The molecule has 0 amide bonds. The summed E-state index contributed by atoms with van der Waals surface area (Å²) in [7, 11) is 5.39. The first-order valence-electron chi connectivity index (χ1n) is 1.72. The van der Waals surface area contributed by atoms with E-state index in [1.807, 2.05) is 0 Å². The lowest BCUT2D eigenvalue weighted by Crippen LogP contribution is -1.97. The van der Waals surface area contributed by atoms with Crippen molar-refractivity contribution in [3.63, 3.8) is 0 Å². The lowest BCUT2D eigenvalue weighted by Gasteiger charge is -1.97. The van der Waals surface area contributed by atoms with Crippen LogP contribution in [0, 0.1) is 0 Å². The third-order valence-corrected chi connectivity index (χ3v) is 2.19. The molecule has 0 aliphatic carbocycles. The van der Waals surface area contributed by atoms with Crippen molar-refractivity contribution in [3.05, 3.63) is 0 Å². The van der Waals surface area contributed by atoms with E-state index in [1.165, 1.54) is 0 Å². The highest BCUT2D eigenvalue weighted by molar-refractivity contribution is 8.35. The van der Waals surface area contributed by atoms with Gasteiger partial charge in [-0.1, -0.05) is 11.6 Å². The summed E-state index contributed by atoms with van der Waals surface area (Å²) in [6.45, 7) is 0. The van der Waals surface area contributed by atoms with E-state index in [0.717, 1.165) is 0 Å². The quantitative estimate of drug-likeness (QED) is 0.387. The van der Waals surface area contributed by atoms with Gasteiger partial charge in [-0.05, 0) is 10.7 Å². The average Bonchev–Trinajstić information content (AvgIpc) is 1.81. The summed E-state index contributed by atoms with van der Waals surface area (Å²) >= 11 is 4.45. The summed E-state index contributed by atoms with van der Waals surface area (Å²) in [4.78, 5) is 0. The molecule has 0 aromatic heterocycles. The molecule has 60 valence electrons. The molecular formula is C2Cl2F3NS2. The highest BCUT2D eigenvalue weighted by Gasteiger charge is 2.28. The van der Waals surface area contributed by atoms with Crippen LogP contribution < -0.4 is 0 Å². The molecule has 0 atom stereocenters. The smallest absolute Gasteiger partial charge is 0.187 e. The molecule has 0 N–H and O–H groups in total. The van der Waals surface area contributed by atoms with Crippen molar-refractivity contribution in [2.24, 2.45) is 4.40 Å². The first kappa shape index (κ1) is 10.7. The van der Waals surface area contributed by atoms with Crippen LogP contribution >= 0.6 is 45.2 Å². The summed E-state index contributed by atoms with van der Waals surface area (Å²) in [6, 6.07) is 0. The Morgan fingerprint density at radius 3 is 2.20 bits per heavy atom. The van der Waals surface area contributed by atoms with Crippen molar-refractivity contribution < 1.29 is 13.2 Å². The molecule has 0 spiro atoms. The molecule has 0 bridgehead atoms. The molecule has 0 aromatic rings. The van der Waals surface area contributed by atoms with Gasteiger partial charge in [0, 0.05) is 11.0 Å². The Labute approximate surface area is 73.0 Å². The van der Waals surface area contributed by atoms with Gasteiger partial charge >= 0.3 is 5.51 Å². The van der Waals surface area contributed by atoms with Gasteiger partial charge in [-0.2, -0.15) is 17.6 Å². The molecule has 0 radical (unpaired) electrons. The van der Waals surface area contributed by atoms with Gasteiger partial charge in [0.25, 0.3) is 0 Å². The van der Waals surface area contributed by atoms with Crippen LogP contribution in [0.3, 0.4) is 0 Å². The summed E-state index contributed by atoms with van der Waals surface area (Å²) in [5.41, 5.74) is -4.40. The fraction of sp³-hybridized carbons (Fsp3) is 0.500. The van der Waals surface area contributed by atoms with Crippen LogP contribution in [-0.4, -0.2) is 10.0 Å². The maximum Gasteiger partial charge on any atom is 0.463 e. The van der Waals surface area contributed by atoms with Gasteiger partial charge in [-0.15, -0.1) is 0 Å². The molecule has 0 heterocycles. The topological polar surface area (TPSA) is 12.4 Å². The zero-order valence-corrected chi connectivity index (χ0v) is 7.30. The van der Waals surface area contributed by atoms with Crippen LogP contribution in [0.15, 0.2) is 4.40 Å². The number of hydrogen-bond donors (Lipinski definition) is 0. The second-order valence-corrected chi connectivity index (χ2v) is 3.37. The summed E-state index contributed by atoms with van der Waals surface area (Å²) in [6.07, 6.45) is 0. The predicted octanol–water partition coefficient (Wildman–Crippen LogP) is 3.64. The Morgan fingerprint density at radius 2 is 1.90 bits per heavy atom. The zero-order chi connectivity index (χ0) is 8.20. The van der Waals surface area contributed by atoms with E-state index in [4.69, 9.17) is 22.3 Å². The van der Waals surface area contributed by atoms with E-state index in [0.29, 0.717) is 11.0 Å². The zero-order valence-electron chi connectivity index (χ0n) is 4.15. The van der Waals surface area contributed by atoms with Crippen molar-refractivity contribution in [1.82, 2.24) is 0 Å². The molecule has 1 nitrogen and oxygen atoms in total. The number of alkyl halides is 3. The van der Waals surface area contributed by atoms with Crippen molar-refractivity contribution in [1.29, 1.82) is 0 Å². The Bertz CT molecular complexity index is 135. The number of hydrogen-bond acceptors (Lipinski definition) is 3. The summed E-state index contributed by atoms with van der Waals surface area (Å²) in [5, 5.41) is 0. The van der Waals surface area contributed by atoms with Crippen molar-refractivity contribution in [2.75, 3.05) is 0 Å². The van der Waals surface area contributed by atoms with Crippen LogP contribution in [0.2, 0.25) is 0 Å². The molecule has 0 saturated carbocycles. The first-order valence-corrected chi connectivity index (χ1v) is 4.52. The molecular weight excluding hydrogens is 230 g/mol. The molecule has 0 aliphatic heterocycles. The molecule has 0 fully saturated rings. The van der Waals surface area contributed by atoms with Crippen molar-refractivity contribution in [2.45, 2.75) is 5.51 Å². The lowest BCUT2D eigenvalue weighted by molar-refractivity contribution is -0.0327. The largest absolute Gasteiger partial charge is 0.463 e. The van der Waals surface area contributed by atoms with E-state index in [9.17, 15) is 13.2 Å².